The van der Waals surface area contributed by atoms with Crippen LogP contribution in [0.15, 0.2) is 24.3 Å². The highest BCUT2D eigenvalue weighted by Gasteiger charge is 2.42. The van der Waals surface area contributed by atoms with Gasteiger partial charge in [0.15, 0.2) is 12.3 Å². The van der Waals surface area contributed by atoms with E-state index in [9.17, 15) is 5.11 Å². The third kappa shape index (κ3) is 2.07. The fraction of sp³-hybridized carbons (Fsp3) is 0.385. The average molecular weight is 253 g/mol. The van der Waals surface area contributed by atoms with Crippen molar-refractivity contribution in [1.29, 1.82) is 5.41 Å². The van der Waals surface area contributed by atoms with Crippen LogP contribution < -0.4 is 5.11 Å². The predicted octanol–water partition coefficient (Wildman–Crippen LogP) is 1.84. The third-order valence-electron chi connectivity index (χ3n) is 3.48. The standard InChI is InChI=1S/C13H16N2O.ClH/c1-9-13(2,3)10-6-4-5-7-11(10)15(9)8-12(14)16;/h4-7H,8H2,1-3H3,(H-,14,16);1H. The lowest BCUT2D eigenvalue weighted by Gasteiger charge is -2.14. The summed E-state index contributed by atoms with van der Waals surface area (Å²) in [5, 5.41) is 18.1. The van der Waals surface area contributed by atoms with Crippen LogP contribution in [-0.4, -0.2) is 22.7 Å². The third-order valence-corrected chi connectivity index (χ3v) is 3.48. The minimum absolute atomic E-state index is 0. The fourth-order valence-electron chi connectivity index (χ4n) is 2.30. The van der Waals surface area contributed by atoms with Gasteiger partial charge in [-0.3, -0.25) is 0 Å². The molecule has 0 spiro atoms. The number of nitrogens with zero attached hydrogens (tertiary/aromatic N) is 1. The van der Waals surface area contributed by atoms with Crippen LogP contribution in [0.5, 0.6) is 0 Å². The molecule has 92 valence electrons. The molecule has 17 heavy (non-hydrogen) atoms. The molecule has 0 radical (unpaired) electrons. The van der Waals surface area contributed by atoms with Crippen molar-refractivity contribution in [3.63, 3.8) is 0 Å². The average Bonchev–Trinajstić information content (AvgIpc) is 2.41. The van der Waals surface area contributed by atoms with E-state index in [1.54, 1.807) is 0 Å². The molecular weight excluding hydrogens is 236 g/mol. The number of hydrogen-bond donors (Lipinski definition) is 1. The number of para-hydroxylation sites is 1. The van der Waals surface area contributed by atoms with Gasteiger partial charge in [0.1, 0.15) is 0 Å². The van der Waals surface area contributed by atoms with E-state index in [1.807, 2.05) is 29.7 Å². The van der Waals surface area contributed by atoms with Crippen molar-refractivity contribution in [2.45, 2.75) is 26.2 Å². The Labute approximate surface area is 108 Å². The summed E-state index contributed by atoms with van der Waals surface area (Å²) in [4.78, 5) is 0. The van der Waals surface area contributed by atoms with E-state index in [1.165, 1.54) is 5.56 Å². The summed E-state index contributed by atoms with van der Waals surface area (Å²) >= 11 is 0. The van der Waals surface area contributed by atoms with E-state index in [4.69, 9.17) is 5.41 Å². The van der Waals surface area contributed by atoms with Gasteiger partial charge in [-0.1, -0.05) is 18.2 Å². The summed E-state index contributed by atoms with van der Waals surface area (Å²) in [5.41, 5.74) is 3.38. The SMILES string of the molecule is CC1=[N+](CC(=N)[O-])c2ccccc2C1(C)C.Cl. The van der Waals surface area contributed by atoms with Crippen molar-refractivity contribution in [2.24, 2.45) is 0 Å². The second kappa shape index (κ2) is 4.49. The van der Waals surface area contributed by atoms with Crippen LogP contribution in [0.4, 0.5) is 5.69 Å². The summed E-state index contributed by atoms with van der Waals surface area (Å²) in [5.74, 6) is -0.549. The Morgan fingerprint density at radius 2 is 1.94 bits per heavy atom. The molecule has 1 aromatic rings. The van der Waals surface area contributed by atoms with Gasteiger partial charge in [-0.05, 0) is 13.8 Å². The van der Waals surface area contributed by atoms with E-state index in [0.29, 0.717) is 0 Å². The molecule has 2 rings (SSSR count). The predicted molar refractivity (Wildman–Crippen MR) is 69.9 cm³/mol. The van der Waals surface area contributed by atoms with Gasteiger partial charge in [-0.2, -0.15) is 4.58 Å². The molecule has 1 aromatic carbocycles. The molecule has 0 amide bonds. The number of hydrogen-bond acceptors (Lipinski definition) is 2. The maximum Gasteiger partial charge on any atom is 0.209 e. The second-order valence-corrected chi connectivity index (χ2v) is 4.74. The molecule has 0 aliphatic carbocycles. The molecular formula is C13H17ClN2O. The van der Waals surface area contributed by atoms with Crippen molar-refractivity contribution >= 4 is 29.7 Å². The maximum atomic E-state index is 11.0. The van der Waals surface area contributed by atoms with E-state index in [2.05, 4.69) is 19.9 Å². The zero-order chi connectivity index (χ0) is 11.9. The molecule has 0 saturated carbocycles. The smallest absolute Gasteiger partial charge is 0.209 e. The Morgan fingerprint density at radius 3 is 2.53 bits per heavy atom. The van der Waals surface area contributed by atoms with E-state index in [0.717, 1.165) is 11.4 Å². The van der Waals surface area contributed by atoms with E-state index in [-0.39, 0.29) is 24.4 Å². The quantitative estimate of drug-likeness (QED) is 0.487. The van der Waals surface area contributed by atoms with Gasteiger partial charge >= 0.3 is 0 Å². The highest BCUT2D eigenvalue weighted by molar-refractivity contribution is 5.93. The molecule has 1 heterocycles. The highest BCUT2D eigenvalue weighted by atomic mass is 35.5. The number of fused-ring (bicyclic) bond motifs is 1. The van der Waals surface area contributed by atoms with Crippen LogP contribution in [0.3, 0.4) is 0 Å². The molecule has 0 fully saturated rings. The molecule has 0 aromatic heterocycles. The topological polar surface area (TPSA) is 49.9 Å². The number of benzene rings is 1. The summed E-state index contributed by atoms with van der Waals surface area (Å²) < 4.78 is 1.95. The molecule has 1 aliphatic heterocycles. The minimum Gasteiger partial charge on any atom is -0.858 e. The van der Waals surface area contributed by atoms with Crippen LogP contribution in [0, 0.1) is 5.41 Å². The lowest BCUT2D eigenvalue weighted by Crippen LogP contribution is -2.31. The Balaban J connectivity index is 0.00000144. The zero-order valence-corrected chi connectivity index (χ0v) is 11.1. The van der Waals surface area contributed by atoms with Crippen molar-refractivity contribution in [3.8, 4) is 0 Å². The van der Waals surface area contributed by atoms with Gasteiger partial charge in [0.25, 0.3) is 0 Å². The molecule has 4 heteroatoms. The first-order chi connectivity index (χ1) is 7.44. The zero-order valence-electron chi connectivity index (χ0n) is 10.3. The van der Waals surface area contributed by atoms with Crippen molar-refractivity contribution < 1.29 is 9.68 Å². The summed E-state index contributed by atoms with van der Waals surface area (Å²) in [6, 6.07) is 8.08. The number of nitrogens with one attached hydrogen (secondary N) is 1. The van der Waals surface area contributed by atoms with Crippen molar-refractivity contribution in [3.05, 3.63) is 29.8 Å². The molecule has 0 bridgehead atoms. The lowest BCUT2D eigenvalue weighted by molar-refractivity contribution is -0.434. The highest BCUT2D eigenvalue weighted by Crippen LogP contribution is 2.38. The van der Waals surface area contributed by atoms with Crippen molar-refractivity contribution in [1.82, 2.24) is 0 Å². The Morgan fingerprint density at radius 1 is 1.35 bits per heavy atom. The Hall–Kier alpha value is -1.35. The molecule has 0 unspecified atom stereocenters. The normalized spacial score (nSPS) is 16.4. The van der Waals surface area contributed by atoms with Crippen molar-refractivity contribution in [2.75, 3.05) is 6.54 Å². The first kappa shape index (κ1) is 13.7. The first-order valence-electron chi connectivity index (χ1n) is 5.40. The van der Waals surface area contributed by atoms with Gasteiger partial charge in [-0.25, -0.2) is 0 Å². The lowest BCUT2D eigenvalue weighted by atomic mass is 9.82. The monoisotopic (exact) mass is 252 g/mol. The molecule has 1 aliphatic rings. The van der Waals surface area contributed by atoms with Gasteiger partial charge in [0.05, 0.1) is 5.41 Å². The van der Waals surface area contributed by atoms with E-state index < -0.39 is 5.90 Å². The first-order valence-corrected chi connectivity index (χ1v) is 5.40. The fourth-order valence-corrected chi connectivity index (χ4v) is 2.30. The van der Waals surface area contributed by atoms with E-state index >= 15 is 0 Å². The van der Waals surface area contributed by atoms with Crippen LogP contribution >= 0.6 is 12.4 Å². The van der Waals surface area contributed by atoms with Gasteiger partial charge < -0.3 is 10.5 Å². The molecule has 3 nitrogen and oxygen atoms in total. The number of halogens is 1. The van der Waals surface area contributed by atoms with Crippen LogP contribution in [0.2, 0.25) is 0 Å². The summed E-state index contributed by atoms with van der Waals surface area (Å²) in [6.45, 7) is 6.47. The van der Waals surface area contributed by atoms with Crippen LogP contribution in [-0.2, 0) is 5.41 Å². The molecule has 0 atom stereocenters. The second-order valence-electron chi connectivity index (χ2n) is 4.74. The van der Waals surface area contributed by atoms with Gasteiger partial charge in [0, 0.05) is 24.5 Å². The Bertz CT molecular complexity index is 492. The molecule has 0 saturated heterocycles. The van der Waals surface area contributed by atoms with Gasteiger partial charge in [0.2, 0.25) is 5.69 Å². The summed E-state index contributed by atoms with van der Waals surface area (Å²) in [6.07, 6.45) is 0. The van der Waals surface area contributed by atoms with Crippen LogP contribution in [0.1, 0.15) is 26.3 Å². The minimum atomic E-state index is -0.549. The van der Waals surface area contributed by atoms with Gasteiger partial charge in [-0.15, -0.1) is 12.4 Å². The summed E-state index contributed by atoms with van der Waals surface area (Å²) in [7, 11) is 0. The number of rotatable bonds is 2. The van der Waals surface area contributed by atoms with Crippen LogP contribution in [0.25, 0.3) is 0 Å². The molecule has 1 N–H and O–H groups in total. The maximum absolute atomic E-state index is 11.0. The largest absolute Gasteiger partial charge is 0.858 e. The Kier molecular flexibility index (Phi) is 3.62.